The molecule has 8 heteroatoms. The van der Waals surface area contributed by atoms with Gasteiger partial charge in [-0.3, -0.25) is 14.5 Å². The van der Waals surface area contributed by atoms with Gasteiger partial charge in [0.05, 0.1) is 13.2 Å². The van der Waals surface area contributed by atoms with Gasteiger partial charge in [0.15, 0.2) is 0 Å². The molecule has 0 spiro atoms. The van der Waals surface area contributed by atoms with Crippen molar-refractivity contribution in [3.05, 3.63) is 24.3 Å². The number of carbonyl (C=O) groups excluding carboxylic acids is 2. The van der Waals surface area contributed by atoms with Crippen LogP contribution < -0.4 is 15.5 Å². The molecule has 2 fully saturated rings. The van der Waals surface area contributed by atoms with Crippen LogP contribution in [0.15, 0.2) is 24.3 Å². The van der Waals surface area contributed by atoms with Gasteiger partial charge >= 0.3 is 11.8 Å². The van der Waals surface area contributed by atoms with E-state index in [2.05, 4.69) is 32.4 Å². The number of rotatable bonds is 5. The molecular formula is C19H29N5O3. The van der Waals surface area contributed by atoms with E-state index in [-0.39, 0.29) is 0 Å². The molecule has 0 saturated carbocycles. The number of likely N-dealkylation sites (N-methyl/N-ethyl adjacent to an activating group) is 1. The van der Waals surface area contributed by atoms with Crippen molar-refractivity contribution >= 4 is 23.2 Å². The van der Waals surface area contributed by atoms with Crippen LogP contribution >= 0.6 is 0 Å². The monoisotopic (exact) mass is 375 g/mol. The second-order valence-corrected chi connectivity index (χ2v) is 7.00. The number of carbonyl (C=O) groups is 2. The average molecular weight is 375 g/mol. The van der Waals surface area contributed by atoms with E-state index in [0.29, 0.717) is 12.2 Å². The number of ether oxygens (including phenoxy) is 1. The first-order valence-electron chi connectivity index (χ1n) is 9.54. The normalized spacial score (nSPS) is 18.9. The van der Waals surface area contributed by atoms with E-state index in [1.807, 2.05) is 24.3 Å². The lowest BCUT2D eigenvalue weighted by Crippen LogP contribution is -2.44. The molecule has 0 unspecified atom stereocenters. The van der Waals surface area contributed by atoms with Crippen molar-refractivity contribution in [1.82, 2.24) is 15.1 Å². The summed E-state index contributed by atoms with van der Waals surface area (Å²) < 4.78 is 5.29. The maximum Gasteiger partial charge on any atom is 0.313 e. The molecule has 2 heterocycles. The fourth-order valence-electron chi connectivity index (χ4n) is 3.24. The van der Waals surface area contributed by atoms with E-state index in [1.54, 1.807) is 0 Å². The van der Waals surface area contributed by atoms with Gasteiger partial charge in [-0.25, -0.2) is 0 Å². The molecule has 148 valence electrons. The lowest BCUT2D eigenvalue weighted by molar-refractivity contribution is -0.136. The van der Waals surface area contributed by atoms with Crippen LogP contribution in [0.4, 0.5) is 11.4 Å². The Morgan fingerprint density at radius 3 is 2.30 bits per heavy atom. The second kappa shape index (κ2) is 9.68. The maximum absolute atomic E-state index is 12.0. The van der Waals surface area contributed by atoms with E-state index in [0.717, 1.165) is 64.7 Å². The smallest absolute Gasteiger partial charge is 0.313 e. The highest BCUT2D eigenvalue weighted by atomic mass is 16.5. The minimum Gasteiger partial charge on any atom is -0.379 e. The maximum atomic E-state index is 12.0. The molecule has 1 aromatic rings. The molecular weight excluding hydrogens is 346 g/mol. The Balaban J connectivity index is 1.41. The van der Waals surface area contributed by atoms with E-state index < -0.39 is 11.8 Å². The molecule has 27 heavy (non-hydrogen) atoms. The summed E-state index contributed by atoms with van der Waals surface area (Å²) in [4.78, 5) is 30.8. The predicted molar refractivity (Wildman–Crippen MR) is 105 cm³/mol. The highest BCUT2D eigenvalue weighted by Gasteiger charge is 2.16. The Morgan fingerprint density at radius 1 is 0.963 bits per heavy atom. The molecule has 1 aromatic carbocycles. The van der Waals surface area contributed by atoms with Crippen LogP contribution in [0.2, 0.25) is 0 Å². The fraction of sp³-hybridized carbons (Fsp3) is 0.579. The number of benzene rings is 1. The first-order chi connectivity index (χ1) is 13.1. The van der Waals surface area contributed by atoms with Gasteiger partial charge in [0.1, 0.15) is 0 Å². The number of amides is 2. The zero-order valence-electron chi connectivity index (χ0n) is 15.9. The van der Waals surface area contributed by atoms with Crippen molar-refractivity contribution in [2.24, 2.45) is 0 Å². The van der Waals surface area contributed by atoms with Crippen LogP contribution in [0.1, 0.15) is 0 Å². The van der Waals surface area contributed by atoms with Gasteiger partial charge in [-0.2, -0.15) is 0 Å². The number of hydrogen-bond acceptors (Lipinski definition) is 6. The van der Waals surface area contributed by atoms with E-state index in [4.69, 9.17) is 4.74 Å². The lowest BCUT2D eigenvalue weighted by Gasteiger charge is -2.34. The predicted octanol–water partition coefficient (Wildman–Crippen LogP) is -0.175. The Bertz CT molecular complexity index is 623. The standard InChI is InChI=1S/C19H29N5O3/c1-22-8-10-24(11-9-22)17-4-2-16(3-5-17)21-19(26)18(25)20-6-7-23-12-14-27-15-13-23/h2-5H,6-15H2,1H3,(H,20,25)(H,21,26). The van der Waals surface area contributed by atoms with Crippen molar-refractivity contribution in [2.45, 2.75) is 0 Å². The van der Waals surface area contributed by atoms with Crippen molar-refractivity contribution in [2.75, 3.05) is 82.8 Å². The van der Waals surface area contributed by atoms with Gasteiger partial charge in [-0.15, -0.1) is 0 Å². The van der Waals surface area contributed by atoms with Gasteiger partial charge in [0, 0.05) is 63.7 Å². The summed E-state index contributed by atoms with van der Waals surface area (Å²) in [6, 6.07) is 7.65. The van der Waals surface area contributed by atoms with Crippen LogP contribution in [-0.2, 0) is 14.3 Å². The van der Waals surface area contributed by atoms with Gasteiger partial charge in [-0.1, -0.05) is 0 Å². The number of hydrogen-bond donors (Lipinski definition) is 2. The van der Waals surface area contributed by atoms with Gasteiger partial charge < -0.3 is 25.2 Å². The summed E-state index contributed by atoms with van der Waals surface area (Å²) in [5.74, 6) is -1.24. The number of nitrogens with zero attached hydrogens (tertiary/aromatic N) is 3. The Morgan fingerprint density at radius 2 is 1.63 bits per heavy atom. The molecule has 3 rings (SSSR count). The average Bonchev–Trinajstić information content (AvgIpc) is 2.70. The Kier molecular flexibility index (Phi) is 7.03. The number of nitrogens with one attached hydrogen (secondary N) is 2. The van der Waals surface area contributed by atoms with E-state index >= 15 is 0 Å². The second-order valence-electron chi connectivity index (χ2n) is 7.00. The van der Waals surface area contributed by atoms with Crippen LogP contribution in [0.5, 0.6) is 0 Å². The summed E-state index contributed by atoms with van der Waals surface area (Å²) in [6.45, 7) is 8.42. The minimum absolute atomic E-state index is 0.453. The zero-order valence-corrected chi connectivity index (χ0v) is 15.9. The summed E-state index contributed by atoms with van der Waals surface area (Å²) in [5.41, 5.74) is 1.76. The van der Waals surface area contributed by atoms with Crippen molar-refractivity contribution in [3.63, 3.8) is 0 Å². The number of morpholine rings is 1. The quantitative estimate of drug-likeness (QED) is 0.696. The third-order valence-electron chi connectivity index (χ3n) is 5.02. The largest absolute Gasteiger partial charge is 0.379 e. The van der Waals surface area contributed by atoms with E-state index in [9.17, 15) is 9.59 Å². The first-order valence-corrected chi connectivity index (χ1v) is 9.54. The molecule has 0 bridgehead atoms. The molecule has 0 aliphatic carbocycles. The van der Waals surface area contributed by atoms with E-state index in [1.165, 1.54) is 0 Å². The topological polar surface area (TPSA) is 77.1 Å². The first kappa shape index (κ1) is 19.6. The van der Waals surface area contributed by atoms with Gasteiger partial charge in [0.2, 0.25) is 0 Å². The number of anilines is 2. The molecule has 8 nitrogen and oxygen atoms in total. The summed E-state index contributed by atoms with van der Waals surface area (Å²) in [7, 11) is 2.13. The van der Waals surface area contributed by atoms with Crippen molar-refractivity contribution < 1.29 is 14.3 Å². The Labute approximate surface area is 160 Å². The molecule has 2 saturated heterocycles. The molecule has 2 aliphatic heterocycles. The SMILES string of the molecule is CN1CCN(c2ccc(NC(=O)C(=O)NCCN3CCOCC3)cc2)CC1. The van der Waals surface area contributed by atoms with Crippen LogP contribution in [0, 0.1) is 0 Å². The number of piperazine rings is 1. The van der Waals surface area contributed by atoms with Crippen LogP contribution in [0.25, 0.3) is 0 Å². The molecule has 0 radical (unpaired) electrons. The summed E-state index contributed by atoms with van der Waals surface area (Å²) in [6.07, 6.45) is 0. The van der Waals surface area contributed by atoms with Gasteiger partial charge in [-0.05, 0) is 31.3 Å². The summed E-state index contributed by atoms with van der Waals surface area (Å²) >= 11 is 0. The molecule has 0 atom stereocenters. The van der Waals surface area contributed by atoms with Crippen LogP contribution in [0.3, 0.4) is 0 Å². The Hall–Kier alpha value is -2.16. The minimum atomic E-state index is -0.635. The molecule has 0 aromatic heterocycles. The highest BCUT2D eigenvalue weighted by Crippen LogP contribution is 2.19. The lowest BCUT2D eigenvalue weighted by atomic mass is 10.2. The van der Waals surface area contributed by atoms with Gasteiger partial charge in [0.25, 0.3) is 0 Å². The van der Waals surface area contributed by atoms with Crippen LogP contribution in [-0.4, -0.2) is 94.2 Å². The molecule has 2 N–H and O–H groups in total. The third-order valence-corrected chi connectivity index (χ3v) is 5.02. The van der Waals surface area contributed by atoms with Crippen molar-refractivity contribution in [3.8, 4) is 0 Å². The van der Waals surface area contributed by atoms with Crippen molar-refractivity contribution in [1.29, 1.82) is 0 Å². The molecule has 2 aliphatic rings. The highest BCUT2D eigenvalue weighted by molar-refractivity contribution is 6.39. The zero-order chi connectivity index (χ0) is 19.1. The molecule has 2 amide bonds. The fourth-order valence-corrected chi connectivity index (χ4v) is 3.24. The third kappa shape index (κ3) is 5.92. The summed E-state index contributed by atoms with van der Waals surface area (Å²) in [5, 5.41) is 5.33.